The number of halogens is 2. The summed E-state index contributed by atoms with van der Waals surface area (Å²) in [5, 5.41) is 8.84. The summed E-state index contributed by atoms with van der Waals surface area (Å²) in [5.74, 6) is -6.87. The molecule has 0 aromatic heterocycles. The zero-order valence-corrected chi connectivity index (χ0v) is 9.64. The monoisotopic (exact) mass is 256 g/mol. The molecule has 1 fully saturated rings. The molecular formula is C9H14F2O4S. The molecule has 1 heterocycles. The van der Waals surface area contributed by atoms with Crippen LogP contribution in [0.3, 0.4) is 0 Å². The number of carboxylic acids is 1. The first-order valence-corrected chi connectivity index (χ1v) is 6.74. The molecule has 1 saturated heterocycles. The van der Waals surface area contributed by atoms with Crippen molar-refractivity contribution in [1.82, 2.24) is 0 Å². The fourth-order valence-electron chi connectivity index (χ4n) is 2.05. The standard InChI is InChI=1S/C9H14F2O4S/c1-9(10,11)4-6-5-16(14,15)3-2-7(6)8(12)13/h6-7H,2-5H2,1H3,(H,12,13). The fraction of sp³-hybridized carbons (Fsp3) is 0.889. The Labute approximate surface area is 92.6 Å². The second kappa shape index (κ2) is 4.27. The quantitative estimate of drug-likeness (QED) is 0.822. The highest BCUT2D eigenvalue weighted by Gasteiger charge is 2.41. The maximum atomic E-state index is 12.8. The molecule has 1 N–H and O–H groups in total. The van der Waals surface area contributed by atoms with Crippen molar-refractivity contribution in [3.8, 4) is 0 Å². The van der Waals surface area contributed by atoms with E-state index in [0.717, 1.165) is 0 Å². The number of rotatable bonds is 3. The molecule has 0 aliphatic carbocycles. The summed E-state index contributed by atoms with van der Waals surface area (Å²) in [4.78, 5) is 10.8. The number of aliphatic carboxylic acids is 1. The Morgan fingerprint density at radius 2 is 2.06 bits per heavy atom. The van der Waals surface area contributed by atoms with E-state index in [1.165, 1.54) is 0 Å². The molecule has 0 radical (unpaired) electrons. The molecule has 1 aliphatic rings. The van der Waals surface area contributed by atoms with Gasteiger partial charge < -0.3 is 5.11 Å². The molecule has 1 aliphatic heterocycles. The van der Waals surface area contributed by atoms with E-state index in [-0.39, 0.29) is 12.2 Å². The van der Waals surface area contributed by atoms with Crippen LogP contribution in [0.2, 0.25) is 0 Å². The van der Waals surface area contributed by atoms with Gasteiger partial charge in [0.05, 0.1) is 17.4 Å². The van der Waals surface area contributed by atoms with E-state index < -0.39 is 45.7 Å². The highest BCUT2D eigenvalue weighted by molar-refractivity contribution is 7.91. The summed E-state index contributed by atoms with van der Waals surface area (Å²) >= 11 is 0. The van der Waals surface area contributed by atoms with Gasteiger partial charge >= 0.3 is 5.97 Å². The molecule has 1 rings (SSSR count). The highest BCUT2D eigenvalue weighted by Crippen LogP contribution is 2.33. The molecule has 0 aromatic carbocycles. The molecule has 0 amide bonds. The Bertz CT molecular complexity index is 371. The normalized spacial score (nSPS) is 29.9. The topological polar surface area (TPSA) is 71.4 Å². The molecule has 7 heteroatoms. The lowest BCUT2D eigenvalue weighted by Crippen LogP contribution is -2.39. The Morgan fingerprint density at radius 3 is 2.50 bits per heavy atom. The first-order chi connectivity index (χ1) is 7.11. The van der Waals surface area contributed by atoms with Crippen LogP contribution in [0.15, 0.2) is 0 Å². The van der Waals surface area contributed by atoms with E-state index in [1.807, 2.05) is 0 Å². The largest absolute Gasteiger partial charge is 0.481 e. The number of carboxylic acid groups (broad SMARTS) is 1. The Morgan fingerprint density at radius 1 is 1.50 bits per heavy atom. The van der Waals surface area contributed by atoms with Crippen LogP contribution >= 0.6 is 0 Å². The molecule has 0 aromatic rings. The SMILES string of the molecule is CC(F)(F)CC1CS(=O)(=O)CCC1C(=O)O. The summed E-state index contributed by atoms with van der Waals surface area (Å²) in [6, 6.07) is 0. The number of hydrogen-bond donors (Lipinski definition) is 1. The third-order valence-corrected chi connectivity index (χ3v) is 4.51. The number of carbonyl (C=O) groups is 1. The molecule has 0 spiro atoms. The third-order valence-electron chi connectivity index (χ3n) is 2.71. The van der Waals surface area contributed by atoms with Crippen LogP contribution in [0.25, 0.3) is 0 Å². The van der Waals surface area contributed by atoms with Crippen molar-refractivity contribution in [2.24, 2.45) is 11.8 Å². The van der Waals surface area contributed by atoms with Crippen molar-refractivity contribution < 1.29 is 27.1 Å². The number of hydrogen-bond acceptors (Lipinski definition) is 3. The molecule has 0 saturated carbocycles. The second-order valence-corrected chi connectivity index (χ2v) is 6.61. The van der Waals surface area contributed by atoms with Gasteiger partial charge in [-0.2, -0.15) is 0 Å². The van der Waals surface area contributed by atoms with Gasteiger partial charge in [-0.05, 0) is 19.3 Å². The molecule has 2 atom stereocenters. The van der Waals surface area contributed by atoms with Crippen LogP contribution in [0, 0.1) is 11.8 Å². The van der Waals surface area contributed by atoms with E-state index in [0.29, 0.717) is 6.92 Å². The average Bonchev–Trinajstić information content (AvgIpc) is 1.97. The zero-order chi connectivity index (χ0) is 12.6. The molecular weight excluding hydrogens is 242 g/mol. The second-order valence-electron chi connectivity index (χ2n) is 4.38. The van der Waals surface area contributed by atoms with Crippen molar-refractivity contribution in [3.63, 3.8) is 0 Å². The average molecular weight is 256 g/mol. The lowest BCUT2D eigenvalue weighted by Gasteiger charge is -2.30. The first-order valence-electron chi connectivity index (χ1n) is 4.92. The summed E-state index contributed by atoms with van der Waals surface area (Å²) < 4.78 is 48.2. The van der Waals surface area contributed by atoms with Crippen molar-refractivity contribution in [3.05, 3.63) is 0 Å². The molecule has 4 nitrogen and oxygen atoms in total. The van der Waals surface area contributed by atoms with Gasteiger partial charge in [0, 0.05) is 6.42 Å². The van der Waals surface area contributed by atoms with Crippen molar-refractivity contribution in [1.29, 1.82) is 0 Å². The number of alkyl halides is 2. The van der Waals surface area contributed by atoms with Gasteiger partial charge in [-0.25, -0.2) is 17.2 Å². The maximum absolute atomic E-state index is 12.8. The van der Waals surface area contributed by atoms with E-state index >= 15 is 0 Å². The van der Waals surface area contributed by atoms with E-state index in [2.05, 4.69) is 0 Å². The Hall–Kier alpha value is -0.720. The first kappa shape index (κ1) is 13.3. The van der Waals surface area contributed by atoms with Crippen LogP contribution in [0.4, 0.5) is 8.78 Å². The smallest absolute Gasteiger partial charge is 0.306 e. The summed E-state index contributed by atoms with van der Waals surface area (Å²) in [6.07, 6.45) is -0.762. The van der Waals surface area contributed by atoms with Crippen molar-refractivity contribution in [2.75, 3.05) is 11.5 Å². The summed E-state index contributed by atoms with van der Waals surface area (Å²) in [7, 11) is -3.37. The summed E-state index contributed by atoms with van der Waals surface area (Å²) in [5.41, 5.74) is 0. The van der Waals surface area contributed by atoms with Gasteiger partial charge in [0.2, 0.25) is 5.92 Å². The van der Waals surface area contributed by atoms with Gasteiger partial charge in [-0.3, -0.25) is 4.79 Å². The minimum atomic E-state index is -3.37. The molecule has 2 unspecified atom stereocenters. The van der Waals surface area contributed by atoms with Crippen LogP contribution in [-0.2, 0) is 14.6 Å². The molecule has 94 valence electrons. The van der Waals surface area contributed by atoms with Crippen molar-refractivity contribution in [2.45, 2.75) is 25.7 Å². The predicted molar refractivity (Wildman–Crippen MR) is 53.1 cm³/mol. The van der Waals surface area contributed by atoms with Gasteiger partial charge in [0.15, 0.2) is 9.84 Å². The number of sulfone groups is 1. The lowest BCUT2D eigenvalue weighted by molar-refractivity contribution is -0.144. The lowest BCUT2D eigenvalue weighted by atomic mass is 9.86. The highest BCUT2D eigenvalue weighted by atomic mass is 32.2. The van der Waals surface area contributed by atoms with Crippen LogP contribution in [-0.4, -0.2) is 36.9 Å². The molecule has 0 bridgehead atoms. The third kappa shape index (κ3) is 3.70. The summed E-state index contributed by atoms with van der Waals surface area (Å²) in [6.45, 7) is 0.674. The van der Waals surface area contributed by atoms with E-state index in [4.69, 9.17) is 5.11 Å². The van der Waals surface area contributed by atoms with Crippen molar-refractivity contribution >= 4 is 15.8 Å². The molecule has 16 heavy (non-hydrogen) atoms. The van der Waals surface area contributed by atoms with Gasteiger partial charge in [0.25, 0.3) is 0 Å². The minimum Gasteiger partial charge on any atom is -0.481 e. The van der Waals surface area contributed by atoms with Crippen LogP contribution in [0.1, 0.15) is 19.8 Å². The van der Waals surface area contributed by atoms with E-state index in [1.54, 1.807) is 0 Å². The Balaban J connectivity index is 2.84. The predicted octanol–water partition coefficient (Wildman–Crippen LogP) is 1.17. The minimum absolute atomic E-state index is 0.0710. The fourth-order valence-corrected chi connectivity index (χ4v) is 3.84. The van der Waals surface area contributed by atoms with Gasteiger partial charge in [0.1, 0.15) is 0 Å². The van der Waals surface area contributed by atoms with Crippen LogP contribution < -0.4 is 0 Å². The van der Waals surface area contributed by atoms with Gasteiger partial charge in [-0.15, -0.1) is 0 Å². The van der Waals surface area contributed by atoms with E-state index in [9.17, 15) is 22.0 Å². The maximum Gasteiger partial charge on any atom is 0.306 e. The Kier molecular flexibility index (Phi) is 3.56. The zero-order valence-electron chi connectivity index (χ0n) is 8.82. The van der Waals surface area contributed by atoms with Crippen LogP contribution in [0.5, 0.6) is 0 Å². The van der Waals surface area contributed by atoms with Gasteiger partial charge in [-0.1, -0.05) is 0 Å².